The van der Waals surface area contributed by atoms with E-state index < -0.39 is 0 Å². The van der Waals surface area contributed by atoms with Crippen LogP contribution in [0.5, 0.6) is 0 Å². The molecule has 1 saturated heterocycles. The molecule has 2 heterocycles. The Hall–Kier alpha value is -2.08. The number of aromatic nitrogens is 2. The van der Waals surface area contributed by atoms with Crippen LogP contribution in [0.3, 0.4) is 0 Å². The van der Waals surface area contributed by atoms with E-state index in [0.717, 1.165) is 41.3 Å². The molecule has 1 aromatic heterocycles. The van der Waals surface area contributed by atoms with Crippen LogP contribution in [0, 0.1) is 0 Å². The van der Waals surface area contributed by atoms with E-state index in [1.165, 1.54) is 0 Å². The van der Waals surface area contributed by atoms with Gasteiger partial charge in [0.25, 0.3) is 0 Å². The number of fused-ring (bicyclic) bond motifs is 1. The molecule has 6 heteroatoms. The number of rotatable bonds is 3. The van der Waals surface area contributed by atoms with Crippen molar-refractivity contribution in [3.63, 3.8) is 0 Å². The average Bonchev–Trinajstić information content (AvgIpc) is 3.10. The molecule has 1 N–H and O–H groups in total. The molecule has 4 rings (SSSR count). The molecule has 0 amide bonds. The molecule has 2 aromatic rings. The van der Waals surface area contributed by atoms with Gasteiger partial charge in [0, 0.05) is 16.8 Å². The summed E-state index contributed by atoms with van der Waals surface area (Å²) in [5.41, 5.74) is 0.976. The van der Waals surface area contributed by atoms with Gasteiger partial charge in [0.1, 0.15) is 0 Å². The summed E-state index contributed by atoms with van der Waals surface area (Å²) in [5.74, 6) is 0.894. The number of aliphatic hydroxyl groups excluding tert-OH is 1. The van der Waals surface area contributed by atoms with Crippen molar-refractivity contribution in [2.24, 2.45) is 0 Å². The molecule has 1 atom stereocenters. The van der Waals surface area contributed by atoms with Crippen molar-refractivity contribution in [1.82, 2.24) is 9.78 Å². The quantitative estimate of drug-likeness (QED) is 0.878. The van der Waals surface area contributed by atoms with E-state index in [2.05, 4.69) is 29.2 Å². The molecular weight excluding hydrogens is 362 g/mol. The van der Waals surface area contributed by atoms with Crippen LogP contribution in [-0.2, 0) is 4.74 Å². The molecule has 1 fully saturated rings. The summed E-state index contributed by atoms with van der Waals surface area (Å²) in [4.78, 5) is 2.17. The first-order valence-corrected chi connectivity index (χ1v) is 9.83. The Morgan fingerprint density at radius 3 is 2.89 bits per heavy atom. The van der Waals surface area contributed by atoms with Crippen molar-refractivity contribution in [3.05, 3.63) is 52.0 Å². The number of allylic oxidation sites excluding steroid dienone is 2. The average molecular weight is 386 g/mol. The zero-order chi connectivity index (χ0) is 18.6. The number of ether oxygens (including phenoxy) is 1. The minimum absolute atomic E-state index is 0.0438. The standard InChI is InChI=1S/C21H24ClN3O2/c22-16-8-10-17(11-9-16)25-20-7-5-3-1-2-4-6-19(20)21(23-25)24-12-13-27-15-18(24)14-26/h2,4,6-11,18,26H,1,3,5,12-15H2/b4-2-,19-6+,20-7?/t18-/m1/s1. The summed E-state index contributed by atoms with van der Waals surface area (Å²) in [7, 11) is 0. The SMILES string of the molecule is OC[C@@H]1COCCN1c1nn(-c2ccc(Cl)cc2)c2/c1=C\C=C/CCCC=2. The Morgan fingerprint density at radius 1 is 1.22 bits per heavy atom. The van der Waals surface area contributed by atoms with Gasteiger partial charge in [-0.1, -0.05) is 29.8 Å². The number of nitrogens with zero attached hydrogens (tertiary/aromatic N) is 3. The highest BCUT2D eigenvalue weighted by Crippen LogP contribution is 2.16. The van der Waals surface area contributed by atoms with E-state index in [1.54, 1.807) is 0 Å². The summed E-state index contributed by atoms with van der Waals surface area (Å²) in [5, 5.41) is 17.7. The van der Waals surface area contributed by atoms with Crippen LogP contribution in [0.2, 0.25) is 5.02 Å². The van der Waals surface area contributed by atoms with E-state index >= 15 is 0 Å². The molecule has 0 saturated carbocycles. The first-order chi connectivity index (χ1) is 13.3. The van der Waals surface area contributed by atoms with Crippen LogP contribution >= 0.6 is 11.6 Å². The minimum atomic E-state index is -0.0820. The monoisotopic (exact) mass is 385 g/mol. The number of aliphatic hydroxyl groups is 1. The third kappa shape index (κ3) is 3.81. The fraction of sp³-hybridized carbons (Fsp3) is 0.381. The van der Waals surface area contributed by atoms with Gasteiger partial charge < -0.3 is 14.7 Å². The number of benzene rings is 1. The van der Waals surface area contributed by atoms with Crippen LogP contribution in [-0.4, -0.2) is 47.3 Å². The number of hydrogen-bond acceptors (Lipinski definition) is 4. The lowest BCUT2D eigenvalue weighted by Gasteiger charge is -2.34. The topological polar surface area (TPSA) is 50.5 Å². The Kier molecular flexibility index (Phi) is 5.62. The highest BCUT2D eigenvalue weighted by Gasteiger charge is 2.26. The zero-order valence-corrected chi connectivity index (χ0v) is 16.0. The number of morpholine rings is 1. The largest absolute Gasteiger partial charge is 0.394 e. The van der Waals surface area contributed by atoms with Gasteiger partial charge in [0.15, 0.2) is 5.82 Å². The number of hydrogen-bond donors (Lipinski definition) is 1. The van der Waals surface area contributed by atoms with Crippen molar-refractivity contribution < 1.29 is 9.84 Å². The molecule has 1 aliphatic heterocycles. The van der Waals surface area contributed by atoms with Crippen LogP contribution in [0.25, 0.3) is 17.8 Å². The van der Waals surface area contributed by atoms with Crippen molar-refractivity contribution in [2.45, 2.75) is 25.3 Å². The highest BCUT2D eigenvalue weighted by molar-refractivity contribution is 6.30. The fourth-order valence-electron chi connectivity index (χ4n) is 3.60. The second kappa shape index (κ2) is 8.30. The maximum atomic E-state index is 9.82. The van der Waals surface area contributed by atoms with Gasteiger partial charge >= 0.3 is 0 Å². The Labute approximate surface area is 163 Å². The van der Waals surface area contributed by atoms with Crippen LogP contribution in [0.4, 0.5) is 5.82 Å². The fourth-order valence-corrected chi connectivity index (χ4v) is 3.72. The van der Waals surface area contributed by atoms with Gasteiger partial charge in [-0.2, -0.15) is 0 Å². The molecule has 1 aliphatic carbocycles. The number of halogens is 1. The molecule has 0 spiro atoms. The Bertz CT molecular complexity index is 934. The first-order valence-electron chi connectivity index (χ1n) is 9.45. The predicted octanol–water partition coefficient (Wildman–Crippen LogP) is 2.02. The summed E-state index contributed by atoms with van der Waals surface area (Å²) in [6.07, 6.45) is 11.9. The summed E-state index contributed by atoms with van der Waals surface area (Å²) in [6.45, 7) is 1.91. The normalized spacial score (nSPS) is 22.5. The van der Waals surface area contributed by atoms with E-state index in [-0.39, 0.29) is 12.6 Å². The molecule has 1 aromatic carbocycles. The Morgan fingerprint density at radius 2 is 2.07 bits per heavy atom. The second-order valence-corrected chi connectivity index (χ2v) is 7.28. The van der Waals surface area contributed by atoms with Crippen LogP contribution in [0.1, 0.15) is 19.3 Å². The number of anilines is 1. The third-order valence-electron chi connectivity index (χ3n) is 5.03. The van der Waals surface area contributed by atoms with E-state index in [0.29, 0.717) is 24.8 Å². The lowest BCUT2D eigenvalue weighted by atomic mass is 10.2. The van der Waals surface area contributed by atoms with Gasteiger partial charge in [-0.25, -0.2) is 4.68 Å². The molecule has 2 aliphatic rings. The van der Waals surface area contributed by atoms with Gasteiger partial charge in [-0.05, 0) is 49.6 Å². The molecule has 0 radical (unpaired) electrons. The van der Waals surface area contributed by atoms with E-state index in [9.17, 15) is 5.11 Å². The minimum Gasteiger partial charge on any atom is -0.394 e. The lowest BCUT2D eigenvalue weighted by molar-refractivity contribution is 0.0721. The molecule has 0 bridgehead atoms. The molecular formula is C21H24ClN3O2. The van der Waals surface area contributed by atoms with E-state index in [4.69, 9.17) is 21.4 Å². The second-order valence-electron chi connectivity index (χ2n) is 6.85. The highest BCUT2D eigenvalue weighted by atomic mass is 35.5. The van der Waals surface area contributed by atoms with Gasteiger partial charge in [0.05, 0.1) is 36.9 Å². The molecule has 5 nitrogen and oxygen atoms in total. The lowest BCUT2D eigenvalue weighted by Crippen LogP contribution is -2.50. The van der Waals surface area contributed by atoms with Crippen molar-refractivity contribution >= 4 is 29.6 Å². The molecule has 142 valence electrons. The molecule has 0 unspecified atom stereocenters. The van der Waals surface area contributed by atoms with Gasteiger partial charge in [-0.3, -0.25) is 0 Å². The predicted molar refractivity (Wildman–Crippen MR) is 109 cm³/mol. The van der Waals surface area contributed by atoms with Gasteiger partial charge in [-0.15, -0.1) is 5.10 Å². The smallest absolute Gasteiger partial charge is 0.159 e. The summed E-state index contributed by atoms with van der Waals surface area (Å²) >= 11 is 6.07. The van der Waals surface area contributed by atoms with E-state index in [1.807, 2.05) is 28.9 Å². The molecule has 27 heavy (non-hydrogen) atoms. The van der Waals surface area contributed by atoms with Crippen LogP contribution in [0.15, 0.2) is 36.4 Å². The zero-order valence-electron chi connectivity index (χ0n) is 15.2. The third-order valence-corrected chi connectivity index (χ3v) is 5.28. The van der Waals surface area contributed by atoms with Crippen molar-refractivity contribution in [3.8, 4) is 5.69 Å². The van der Waals surface area contributed by atoms with Crippen molar-refractivity contribution in [1.29, 1.82) is 0 Å². The maximum absolute atomic E-state index is 9.82. The summed E-state index contributed by atoms with van der Waals surface area (Å²) < 4.78 is 7.54. The first kappa shape index (κ1) is 18.3. The van der Waals surface area contributed by atoms with Crippen LogP contribution < -0.4 is 15.5 Å². The van der Waals surface area contributed by atoms with Crippen molar-refractivity contribution in [2.75, 3.05) is 31.3 Å². The van der Waals surface area contributed by atoms with Gasteiger partial charge in [0.2, 0.25) is 0 Å². The maximum Gasteiger partial charge on any atom is 0.159 e. The Balaban J connectivity index is 1.92. The summed E-state index contributed by atoms with van der Waals surface area (Å²) in [6, 6.07) is 7.65.